The fourth-order valence-corrected chi connectivity index (χ4v) is 2.43. The number of carboxylic acids is 2. The van der Waals surface area contributed by atoms with Crippen LogP contribution >= 0.6 is 11.6 Å². The first-order valence-electron chi connectivity index (χ1n) is 7.37. The maximum Gasteiger partial charge on any atom is 0.328 e. The molecule has 0 aliphatic carbocycles. The summed E-state index contributed by atoms with van der Waals surface area (Å²) >= 11 is 6.34. The summed E-state index contributed by atoms with van der Waals surface area (Å²) in [6.45, 7) is 1.00. The molecular formula is C17H21ClN2O5. The molecule has 0 amide bonds. The average molecular weight is 369 g/mol. The standard InChI is InChI=1S/C13H17ClN2O.C4H4O4/c1-16(2)7-6-9-8-15-10-4-5-11(17-3)13(14)12(9)10;5-3(6)1-2-4(7)8/h4-5,8,15H,6-7H2,1-3H3;1-2H,(H,5,6)(H,7,8)/b;2-1+. The topological polar surface area (TPSA) is 103 Å². The van der Waals surface area contributed by atoms with E-state index in [9.17, 15) is 9.59 Å². The Labute approximate surface area is 150 Å². The highest BCUT2D eigenvalue weighted by molar-refractivity contribution is 6.37. The minimum atomic E-state index is -1.26. The number of halogens is 1. The van der Waals surface area contributed by atoms with Gasteiger partial charge >= 0.3 is 11.9 Å². The van der Waals surface area contributed by atoms with E-state index in [4.69, 9.17) is 26.6 Å². The Morgan fingerprint density at radius 2 is 1.84 bits per heavy atom. The number of methoxy groups -OCH3 is 1. The first-order chi connectivity index (χ1) is 11.8. The molecular weight excluding hydrogens is 348 g/mol. The first-order valence-corrected chi connectivity index (χ1v) is 7.75. The van der Waals surface area contributed by atoms with Gasteiger partial charge in [-0.15, -0.1) is 0 Å². The lowest BCUT2D eigenvalue weighted by Gasteiger charge is -2.09. The molecule has 1 heterocycles. The molecule has 0 aliphatic rings. The molecule has 1 aromatic heterocycles. The number of nitrogens with one attached hydrogen (secondary N) is 1. The van der Waals surface area contributed by atoms with Crippen molar-refractivity contribution in [1.82, 2.24) is 9.88 Å². The Morgan fingerprint density at radius 1 is 1.24 bits per heavy atom. The van der Waals surface area contributed by atoms with Crippen molar-refractivity contribution in [2.75, 3.05) is 27.7 Å². The van der Waals surface area contributed by atoms with E-state index in [0.29, 0.717) is 17.2 Å². The number of hydrogen-bond donors (Lipinski definition) is 3. The highest BCUT2D eigenvalue weighted by atomic mass is 35.5. The fraction of sp³-hybridized carbons (Fsp3) is 0.294. The monoisotopic (exact) mass is 368 g/mol. The van der Waals surface area contributed by atoms with Crippen molar-refractivity contribution in [3.05, 3.63) is 41.1 Å². The van der Waals surface area contributed by atoms with E-state index >= 15 is 0 Å². The number of hydrogen-bond acceptors (Lipinski definition) is 4. The number of aromatic nitrogens is 1. The fourth-order valence-electron chi connectivity index (χ4n) is 2.07. The normalized spacial score (nSPS) is 10.8. The van der Waals surface area contributed by atoms with E-state index in [-0.39, 0.29) is 0 Å². The smallest absolute Gasteiger partial charge is 0.328 e. The third-order valence-corrected chi connectivity index (χ3v) is 3.62. The number of aliphatic carboxylic acids is 2. The molecule has 136 valence electrons. The Hall–Kier alpha value is -2.51. The van der Waals surface area contributed by atoms with E-state index in [0.717, 1.165) is 29.6 Å². The summed E-state index contributed by atoms with van der Waals surface area (Å²) in [5.41, 5.74) is 2.29. The molecule has 1 aromatic carbocycles. The molecule has 0 atom stereocenters. The predicted molar refractivity (Wildman–Crippen MR) is 96.5 cm³/mol. The number of H-pyrrole nitrogens is 1. The molecule has 2 rings (SSSR count). The molecule has 0 spiro atoms. The van der Waals surface area contributed by atoms with Gasteiger partial charge in [-0.2, -0.15) is 0 Å². The minimum absolute atomic E-state index is 0.558. The molecule has 7 nitrogen and oxygen atoms in total. The number of fused-ring (bicyclic) bond motifs is 1. The SMILES string of the molecule is COc1ccc2[nH]cc(CCN(C)C)c2c1Cl.O=C(O)/C=C/C(=O)O. The van der Waals surface area contributed by atoms with Gasteiger partial charge in [0.2, 0.25) is 0 Å². The van der Waals surface area contributed by atoms with Crippen LogP contribution in [0.3, 0.4) is 0 Å². The molecule has 0 saturated carbocycles. The van der Waals surface area contributed by atoms with Crippen LogP contribution < -0.4 is 4.74 Å². The molecule has 0 fully saturated rings. The van der Waals surface area contributed by atoms with Gasteiger partial charge in [0.25, 0.3) is 0 Å². The molecule has 8 heteroatoms. The van der Waals surface area contributed by atoms with Gasteiger partial charge in [0.05, 0.1) is 12.1 Å². The molecule has 0 bridgehead atoms. The number of rotatable bonds is 6. The summed E-state index contributed by atoms with van der Waals surface area (Å²) in [5, 5.41) is 17.4. The van der Waals surface area contributed by atoms with Gasteiger partial charge in [0, 0.05) is 35.8 Å². The Balaban J connectivity index is 0.000000333. The largest absolute Gasteiger partial charge is 0.495 e. The van der Waals surface area contributed by atoms with Crippen LogP contribution in [-0.2, 0) is 16.0 Å². The van der Waals surface area contributed by atoms with Crippen LogP contribution in [0.5, 0.6) is 5.75 Å². The summed E-state index contributed by atoms with van der Waals surface area (Å²) < 4.78 is 5.25. The Kier molecular flexibility index (Phi) is 7.97. The third-order valence-electron chi connectivity index (χ3n) is 3.25. The van der Waals surface area contributed by atoms with Gasteiger partial charge in [-0.25, -0.2) is 9.59 Å². The van der Waals surface area contributed by atoms with Crippen molar-refractivity contribution in [3.8, 4) is 5.75 Å². The number of likely N-dealkylation sites (N-methyl/N-ethyl adjacent to an activating group) is 1. The Morgan fingerprint density at radius 3 is 2.32 bits per heavy atom. The van der Waals surface area contributed by atoms with E-state index < -0.39 is 11.9 Å². The molecule has 0 aliphatic heterocycles. The van der Waals surface area contributed by atoms with Crippen molar-refractivity contribution >= 4 is 34.4 Å². The van der Waals surface area contributed by atoms with Crippen LogP contribution in [-0.4, -0.2) is 59.8 Å². The van der Waals surface area contributed by atoms with Crippen molar-refractivity contribution in [2.24, 2.45) is 0 Å². The first kappa shape index (κ1) is 20.5. The predicted octanol–water partition coefficient (Wildman–Crippen LogP) is 2.65. The van der Waals surface area contributed by atoms with Crippen LogP contribution in [0.1, 0.15) is 5.56 Å². The molecule has 0 unspecified atom stereocenters. The number of aromatic amines is 1. The second-order valence-corrected chi connectivity index (χ2v) is 5.76. The highest BCUT2D eigenvalue weighted by Gasteiger charge is 2.11. The summed E-state index contributed by atoms with van der Waals surface area (Å²) in [6.07, 6.45) is 4.12. The number of nitrogens with zero attached hydrogens (tertiary/aromatic N) is 1. The molecule has 0 saturated heterocycles. The van der Waals surface area contributed by atoms with Crippen LogP contribution in [0.25, 0.3) is 10.9 Å². The van der Waals surface area contributed by atoms with Gasteiger partial charge in [-0.1, -0.05) is 11.6 Å². The molecule has 0 radical (unpaired) electrons. The van der Waals surface area contributed by atoms with Gasteiger partial charge in [0.1, 0.15) is 5.75 Å². The van der Waals surface area contributed by atoms with Gasteiger partial charge in [-0.3, -0.25) is 0 Å². The third kappa shape index (κ3) is 6.48. The second-order valence-electron chi connectivity index (χ2n) is 5.38. The zero-order chi connectivity index (χ0) is 19.0. The van der Waals surface area contributed by atoms with E-state index in [2.05, 4.69) is 24.0 Å². The van der Waals surface area contributed by atoms with E-state index in [1.165, 1.54) is 5.56 Å². The van der Waals surface area contributed by atoms with E-state index in [1.807, 2.05) is 18.3 Å². The Bertz CT molecular complexity index is 752. The number of benzene rings is 1. The highest BCUT2D eigenvalue weighted by Crippen LogP contribution is 2.34. The molecule has 25 heavy (non-hydrogen) atoms. The van der Waals surface area contributed by atoms with Crippen LogP contribution in [0.2, 0.25) is 5.02 Å². The quantitative estimate of drug-likeness (QED) is 0.677. The number of ether oxygens (including phenoxy) is 1. The average Bonchev–Trinajstić information content (AvgIpc) is 2.96. The lowest BCUT2D eigenvalue weighted by molar-refractivity contribution is -0.134. The van der Waals surface area contributed by atoms with Crippen LogP contribution in [0.4, 0.5) is 0 Å². The molecule has 3 N–H and O–H groups in total. The summed E-state index contributed by atoms with van der Waals surface area (Å²) in [7, 11) is 5.77. The van der Waals surface area contributed by atoms with Crippen molar-refractivity contribution in [3.63, 3.8) is 0 Å². The van der Waals surface area contributed by atoms with Gasteiger partial charge < -0.3 is 24.8 Å². The second kappa shape index (κ2) is 9.71. The maximum absolute atomic E-state index is 9.55. The van der Waals surface area contributed by atoms with Gasteiger partial charge in [-0.05, 0) is 38.2 Å². The summed E-state index contributed by atoms with van der Waals surface area (Å²) in [5.74, 6) is -1.79. The zero-order valence-electron chi connectivity index (χ0n) is 14.2. The lowest BCUT2D eigenvalue weighted by Crippen LogP contribution is -2.14. The summed E-state index contributed by atoms with van der Waals surface area (Å²) in [6, 6.07) is 3.89. The summed E-state index contributed by atoms with van der Waals surface area (Å²) in [4.78, 5) is 24.5. The van der Waals surface area contributed by atoms with Crippen molar-refractivity contribution in [1.29, 1.82) is 0 Å². The number of carboxylic acid groups (broad SMARTS) is 2. The van der Waals surface area contributed by atoms with Crippen molar-refractivity contribution < 1.29 is 24.5 Å². The number of carbonyl (C=O) groups is 2. The lowest BCUT2D eigenvalue weighted by atomic mass is 10.1. The van der Waals surface area contributed by atoms with Crippen LogP contribution in [0.15, 0.2) is 30.5 Å². The van der Waals surface area contributed by atoms with Crippen LogP contribution in [0, 0.1) is 0 Å². The van der Waals surface area contributed by atoms with Crippen molar-refractivity contribution in [2.45, 2.75) is 6.42 Å². The zero-order valence-corrected chi connectivity index (χ0v) is 15.0. The van der Waals surface area contributed by atoms with E-state index in [1.54, 1.807) is 7.11 Å². The minimum Gasteiger partial charge on any atom is -0.495 e. The maximum atomic E-state index is 9.55. The molecule has 2 aromatic rings. The van der Waals surface area contributed by atoms with Gasteiger partial charge in [0.15, 0.2) is 0 Å².